The summed E-state index contributed by atoms with van der Waals surface area (Å²) in [5.74, 6) is -1.02. The van der Waals surface area contributed by atoms with Crippen LogP contribution in [0.2, 0.25) is 0 Å². The second-order valence-corrected chi connectivity index (χ2v) is 7.86. The summed E-state index contributed by atoms with van der Waals surface area (Å²) in [6, 6.07) is 0. The second kappa shape index (κ2) is 9.72. The maximum atomic E-state index is 11.9. The number of carboxylic acid groups (broad SMARTS) is 2. The Bertz CT molecular complexity index is 463. The van der Waals surface area contributed by atoms with Crippen molar-refractivity contribution in [1.29, 1.82) is 0 Å². The molecular weight excluding hydrogens is 305 g/mol. The van der Waals surface area contributed by atoms with Crippen LogP contribution in [-0.2, 0) is 9.59 Å². The monoisotopic (exact) mass is 332 g/mol. The third-order valence-corrected chi connectivity index (χ3v) is 4.38. The molecule has 7 heteroatoms. The molecule has 0 aliphatic heterocycles. The molecular formula is C15H27NO5P+. The van der Waals surface area contributed by atoms with Crippen LogP contribution in [0.1, 0.15) is 32.6 Å². The van der Waals surface area contributed by atoms with Crippen molar-refractivity contribution in [2.24, 2.45) is 0 Å². The van der Waals surface area contributed by atoms with E-state index in [0.717, 1.165) is 6.42 Å². The Balaban J connectivity index is 5.10. The van der Waals surface area contributed by atoms with Gasteiger partial charge in [-0.1, -0.05) is 13.3 Å². The summed E-state index contributed by atoms with van der Waals surface area (Å²) in [7, 11) is 4.32. The first-order chi connectivity index (χ1) is 10.1. The molecule has 0 aromatic heterocycles. The van der Waals surface area contributed by atoms with Crippen LogP contribution in [0.25, 0.3) is 0 Å². The van der Waals surface area contributed by atoms with E-state index < -0.39 is 19.7 Å². The predicted octanol–water partition coefficient (Wildman–Crippen LogP) is 1.30. The van der Waals surface area contributed by atoms with Crippen LogP contribution in [0, 0.1) is 0 Å². The minimum absolute atomic E-state index is 0.0764. The molecule has 6 nitrogen and oxygen atoms in total. The molecule has 2 N–H and O–H groups in total. The van der Waals surface area contributed by atoms with Crippen LogP contribution in [0.15, 0.2) is 11.1 Å². The van der Waals surface area contributed by atoms with Crippen LogP contribution in [0.5, 0.6) is 0 Å². The standard InChI is InChI=1S/C15H26NO5P/c1-5-6-7-12(14(17)18)13(15(19)20)8-10-22(21)11-9-16(2,3)4/h10H,5-9,11H2,1-4H3,(H-,17,18,19,20)/p+1/b13-12+. The van der Waals surface area contributed by atoms with Crippen LogP contribution < -0.4 is 4.89 Å². The zero-order chi connectivity index (χ0) is 17.3. The largest absolute Gasteiger partial charge is 0.631 e. The average Bonchev–Trinajstić information content (AvgIpc) is 2.38. The zero-order valence-electron chi connectivity index (χ0n) is 13.8. The number of rotatable bonds is 10. The Morgan fingerprint density at radius 2 is 1.68 bits per heavy atom. The Morgan fingerprint density at radius 1 is 1.14 bits per heavy atom. The van der Waals surface area contributed by atoms with Gasteiger partial charge in [0.1, 0.15) is 6.54 Å². The summed E-state index contributed by atoms with van der Waals surface area (Å²) in [6.45, 7) is 2.62. The fraction of sp³-hybridized carbons (Fsp3) is 0.667. The van der Waals surface area contributed by atoms with E-state index in [0.29, 0.717) is 23.6 Å². The van der Waals surface area contributed by atoms with E-state index in [1.54, 1.807) is 0 Å². The highest BCUT2D eigenvalue weighted by molar-refractivity contribution is 7.50. The normalized spacial score (nSPS) is 13.8. The minimum atomic E-state index is -1.64. The molecule has 0 aromatic rings. The van der Waals surface area contributed by atoms with Gasteiger partial charge < -0.3 is 19.6 Å². The molecule has 0 fully saturated rings. The van der Waals surface area contributed by atoms with Crippen LogP contribution in [0.3, 0.4) is 0 Å². The highest BCUT2D eigenvalue weighted by atomic mass is 31.1. The van der Waals surface area contributed by atoms with Crippen molar-refractivity contribution in [3.8, 4) is 0 Å². The van der Waals surface area contributed by atoms with E-state index in [4.69, 9.17) is 0 Å². The summed E-state index contributed by atoms with van der Waals surface area (Å²) in [4.78, 5) is 34.5. The molecule has 0 aliphatic rings. The number of carbonyl (C=O) groups is 2. The van der Waals surface area contributed by atoms with E-state index in [1.165, 1.54) is 5.80 Å². The molecule has 0 spiro atoms. The van der Waals surface area contributed by atoms with E-state index in [9.17, 15) is 24.7 Å². The number of hydrogen-bond acceptors (Lipinski definition) is 3. The molecule has 0 saturated heterocycles. The minimum Gasteiger partial charge on any atom is -0.631 e. The Labute approximate surface area is 133 Å². The number of aliphatic carboxylic acids is 2. The highest BCUT2D eigenvalue weighted by Gasteiger charge is 2.20. The number of carboxylic acids is 2. The molecule has 0 aromatic carbocycles. The molecule has 0 amide bonds. The summed E-state index contributed by atoms with van der Waals surface area (Å²) in [6.07, 6.45) is 2.00. The van der Waals surface area contributed by atoms with Gasteiger partial charge in [-0.25, -0.2) is 9.59 Å². The van der Waals surface area contributed by atoms with Crippen molar-refractivity contribution in [3.63, 3.8) is 0 Å². The third-order valence-electron chi connectivity index (χ3n) is 3.15. The Kier molecular flexibility index (Phi) is 9.18. The van der Waals surface area contributed by atoms with Gasteiger partial charge in [0.25, 0.3) is 0 Å². The van der Waals surface area contributed by atoms with Crippen molar-refractivity contribution in [2.45, 2.75) is 32.6 Å². The molecule has 126 valence electrons. The van der Waals surface area contributed by atoms with Crippen LogP contribution in [0.4, 0.5) is 0 Å². The number of nitrogens with zero attached hydrogens (tertiary/aromatic N) is 1. The number of quaternary nitrogens is 1. The maximum absolute atomic E-state index is 11.9. The van der Waals surface area contributed by atoms with E-state index in [1.807, 2.05) is 28.1 Å². The van der Waals surface area contributed by atoms with Gasteiger partial charge in [0, 0.05) is 12.0 Å². The van der Waals surface area contributed by atoms with Crippen LogP contribution >= 0.6 is 7.77 Å². The van der Waals surface area contributed by atoms with Crippen LogP contribution in [-0.4, -0.2) is 66.3 Å². The smallest absolute Gasteiger partial charge is 0.332 e. The molecule has 0 saturated carbocycles. The first-order valence-electron chi connectivity index (χ1n) is 7.34. The van der Waals surface area contributed by atoms with Gasteiger partial charge in [-0.3, -0.25) is 0 Å². The van der Waals surface area contributed by atoms with Gasteiger partial charge in [0.05, 0.1) is 40.3 Å². The molecule has 0 bridgehead atoms. The van der Waals surface area contributed by atoms with Crippen molar-refractivity contribution in [1.82, 2.24) is 0 Å². The SMILES string of the molecule is CCCC/C(C(=O)O)=C(/C/C=[P+](\[O-])CC[N+](C)(C)C)C(=O)O. The zero-order valence-corrected chi connectivity index (χ0v) is 14.7. The average molecular weight is 332 g/mol. The molecule has 0 heterocycles. The summed E-state index contributed by atoms with van der Waals surface area (Å²) >= 11 is 0. The van der Waals surface area contributed by atoms with Crippen molar-refractivity contribution < 1.29 is 29.2 Å². The van der Waals surface area contributed by atoms with Gasteiger partial charge >= 0.3 is 11.9 Å². The fourth-order valence-corrected chi connectivity index (χ4v) is 3.13. The lowest BCUT2D eigenvalue weighted by atomic mass is 10.0. The second-order valence-electron chi connectivity index (χ2n) is 6.21. The molecule has 1 unspecified atom stereocenters. The number of unbranched alkanes of at least 4 members (excludes halogenated alkanes) is 1. The molecule has 1 atom stereocenters. The van der Waals surface area contributed by atoms with E-state index in [-0.39, 0.29) is 24.0 Å². The molecule has 0 radical (unpaired) electrons. The first-order valence-corrected chi connectivity index (χ1v) is 8.86. The fourth-order valence-electron chi connectivity index (χ4n) is 1.76. The lowest BCUT2D eigenvalue weighted by Gasteiger charge is -2.22. The topological polar surface area (TPSA) is 97.7 Å². The summed E-state index contributed by atoms with van der Waals surface area (Å²) in [5.41, 5.74) is -0.241. The van der Waals surface area contributed by atoms with Crippen molar-refractivity contribution in [2.75, 3.05) is 33.8 Å². The molecule has 0 aliphatic carbocycles. The van der Waals surface area contributed by atoms with Gasteiger partial charge in [-0.05, 0) is 12.8 Å². The van der Waals surface area contributed by atoms with Gasteiger partial charge in [-0.15, -0.1) is 0 Å². The van der Waals surface area contributed by atoms with Gasteiger partial charge in [-0.2, -0.15) is 0 Å². The third kappa shape index (κ3) is 8.93. The Hall–Kier alpha value is -1.23. The van der Waals surface area contributed by atoms with E-state index in [2.05, 4.69) is 0 Å². The van der Waals surface area contributed by atoms with Crippen molar-refractivity contribution in [3.05, 3.63) is 11.1 Å². The summed E-state index contributed by atoms with van der Waals surface area (Å²) in [5, 5.41) is 18.4. The lowest BCUT2D eigenvalue weighted by Crippen LogP contribution is -2.36. The molecule has 22 heavy (non-hydrogen) atoms. The number of hydrogen-bond donors (Lipinski definition) is 2. The quantitative estimate of drug-likeness (QED) is 0.357. The first kappa shape index (κ1) is 20.8. The van der Waals surface area contributed by atoms with Crippen molar-refractivity contribution >= 4 is 25.5 Å². The predicted molar refractivity (Wildman–Crippen MR) is 87.2 cm³/mol. The maximum Gasteiger partial charge on any atom is 0.332 e. The van der Waals surface area contributed by atoms with E-state index >= 15 is 0 Å². The lowest BCUT2D eigenvalue weighted by molar-refractivity contribution is -0.867. The highest BCUT2D eigenvalue weighted by Crippen LogP contribution is 2.19. The summed E-state index contributed by atoms with van der Waals surface area (Å²) < 4.78 is 0.674. The Morgan fingerprint density at radius 3 is 2.09 bits per heavy atom. The van der Waals surface area contributed by atoms with Gasteiger partial charge in [0.2, 0.25) is 0 Å². The van der Waals surface area contributed by atoms with Gasteiger partial charge in [0.15, 0.2) is 6.16 Å². The molecule has 0 rings (SSSR count).